The molecular weight excluding hydrogens is 273 g/mol. The number of rotatable bonds is 1. The summed E-state index contributed by atoms with van der Waals surface area (Å²) >= 11 is 1.76. The number of nitrogens with zero attached hydrogens (tertiary/aromatic N) is 1. The molecule has 0 fully saturated rings. The summed E-state index contributed by atoms with van der Waals surface area (Å²) in [6.07, 6.45) is 0.906. The number of carbonyl (C=O) groups is 1. The van der Waals surface area contributed by atoms with Crippen molar-refractivity contribution < 1.29 is 9.18 Å². The van der Waals surface area contributed by atoms with Gasteiger partial charge in [0.15, 0.2) is 0 Å². The van der Waals surface area contributed by atoms with Crippen molar-refractivity contribution in [3.8, 4) is 0 Å². The third-order valence-electron chi connectivity index (χ3n) is 3.96. The lowest BCUT2D eigenvalue weighted by molar-refractivity contribution is 0.0678. The molecule has 2 nitrogen and oxygen atoms in total. The second-order valence-corrected chi connectivity index (χ2v) is 6.18. The van der Waals surface area contributed by atoms with E-state index in [9.17, 15) is 9.18 Å². The van der Waals surface area contributed by atoms with E-state index in [1.54, 1.807) is 24.3 Å². The van der Waals surface area contributed by atoms with Crippen LogP contribution in [0.15, 0.2) is 29.6 Å². The Kier molecular flexibility index (Phi) is 3.34. The van der Waals surface area contributed by atoms with Gasteiger partial charge in [-0.25, -0.2) is 4.39 Å². The van der Waals surface area contributed by atoms with Crippen molar-refractivity contribution in [2.45, 2.75) is 26.3 Å². The summed E-state index contributed by atoms with van der Waals surface area (Å²) in [6, 6.07) is 6.54. The van der Waals surface area contributed by atoms with Gasteiger partial charge in [-0.15, -0.1) is 11.3 Å². The standard InChI is InChI=1S/C16H16FNOS/c1-10-9-12(17)3-4-13(10)16(19)18-7-5-15-14(11(18)2)6-8-20-15/h3-4,6,8-9,11H,5,7H2,1-2H3. The molecule has 3 rings (SSSR count). The lowest BCUT2D eigenvalue weighted by Crippen LogP contribution is -2.38. The molecule has 0 saturated heterocycles. The fourth-order valence-corrected chi connectivity index (χ4v) is 3.77. The fourth-order valence-electron chi connectivity index (χ4n) is 2.81. The molecule has 1 aliphatic heterocycles. The van der Waals surface area contributed by atoms with Crippen molar-refractivity contribution in [1.29, 1.82) is 0 Å². The molecule has 1 atom stereocenters. The third kappa shape index (κ3) is 2.14. The zero-order chi connectivity index (χ0) is 14.3. The molecule has 0 bridgehead atoms. The Balaban J connectivity index is 1.92. The van der Waals surface area contributed by atoms with Gasteiger partial charge in [0.05, 0.1) is 6.04 Å². The highest BCUT2D eigenvalue weighted by Gasteiger charge is 2.29. The van der Waals surface area contributed by atoms with Gasteiger partial charge in [-0.2, -0.15) is 0 Å². The molecule has 1 amide bonds. The topological polar surface area (TPSA) is 20.3 Å². The first-order chi connectivity index (χ1) is 9.58. The Labute approximate surface area is 121 Å². The van der Waals surface area contributed by atoms with Crippen molar-refractivity contribution in [3.63, 3.8) is 0 Å². The molecule has 0 radical (unpaired) electrons. The second kappa shape index (κ2) is 5.02. The van der Waals surface area contributed by atoms with Crippen LogP contribution in [0.25, 0.3) is 0 Å². The van der Waals surface area contributed by atoms with Crippen LogP contribution in [0.3, 0.4) is 0 Å². The SMILES string of the molecule is Cc1cc(F)ccc1C(=O)N1CCc2sccc2C1C. The van der Waals surface area contributed by atoms with Crippen LogP contribution in [-0.4, -0.2) is 17.4 Å². The number of hydrogen-bond acceptors (Lipinski definition) is 2. The summed E-state index contributed by atoms with van der Waals surface area (Å²) in [5, 5.41) is 2.08. The summed E-state index contributed by atoms with van der Waals surface area (Å²) in [6.45, 7) is 4.56. The number of halogens is 1. The molecule has 4 heteroatoms. The fraction of sp³-hybridized carbons (Fsp3) is 0.312. The lowest BCUT2D eigenvalue weighted by Gasteiger charge is -2.34. The minimum atomic E-state index is -0.300. The number of amides is 1. The summed E-state index contributed by atoms with van der Waals surface area (Å²) in [4.78, 5) is 15.9. The Bertz CT molecular complexity index is 664. The van der Waals surface area contributed by atoms with Gasteiger partial charge in [-0.3, -0.25) is 4.79 Å². The molecule has 1 unspecified atom stereocenters. The molecule has 1 aliphatic rings. The van der Waals surface area contributed by atoms with Crippen LogP contribution in [0.1, 0.15) is 39.3 Å². The number of aryl methyl sites for hydroxylation is 1. The minimum absolute atomic E-state index is 0.00755. The molecule has 0 aliphatic carbocycles. The van der Waals surface area contributed by atoms with Crippen LogP contribution in [-0.2, 0) is 6.42 Å². The third-order valence-corrected chi connectivity index (χ3v) is 4.95. The van der Waals surface area contributed by atoms with Crippen LogP contribution in [0.4, 0.5) is 4.39 Å². The largest absolute Gasteiger partial charge is 0.331 e. The van der Waals surface area contributed by atoms with E-state index < -0.39 is 0 Å². The van der Waals surface area contributed by atoms with Crippen molar-refractivity contribution in [3.05, 3.63) is 57.0 Å². The molecule has 104 valence electrons. The van der Waals surface area contributed by atoms with Crippen LogP contribution >= 0.6 is 11.3 Å². The highest BCUT2D eigenvalue weighted by molar-refractivity contribution is 7.10. The van der Waals surface area contributed by atoms with Crippen LogP contribution in [0, 0.1) is 12.7 Å². The highest BCUT2D eigenvalue weighted by Crippen LogP contribution is 2.33. The second-order valence-electron chi connectivity index (χ2n) is 5.18. The zero-order valence-electron chi connectivity index (χ0n) is 11.5. The predicted octanol–water partition coefficient (Wildman–Crippen LogP) is 3.96. The Hall–Kier alpha value is -1.68. The summed E-state index contributed by atoms with van der Waals surface area (Å²) in [5.74, 6) is -0.308. The van der Waals surface area contributed by atoms with Gasteiger partial charge < -0.3 is 4.90 Å². The Morgan fingerprint density at radius 1 is 1.40 bits per heavy atom. The maximum Gasteiger partial charge on any atom is 0.254 e. The summed E-state index contributed by atoms with van der Waals surface area (Å²) < 4.78 is 13.2. The average molecular weight is 289 g/mol. The Morgan fingerprint density at radius 3 is 2.95 bits per heavy atom. The number of carbonyl (C=O) groups excluding carboxylic acids is 1. The molecule has 1 aromatic carbocycles. The van der Waals surface area contributed by atoms with E-state index in [0.29, 0.717) is 11.1 Å². The van der Waals surface area contributed by atoms with Gasteiger partial charge in [0.25, 0.3) is 5.91 Å². The first-order valence-corrected chi connectivity index (χ1v) is 7.59. The van der Waals surface area contributed by atoms with E-state index in [1.165, 1.54) is 22.6 Å². The van der Waals surface area contributed by atoms with E-state index in [0.717, 1.165) is 13.0 Å². The summed E-state index contributed by atoms with van der Waals surface area (Å²) in [5.41, 5.74) is 2.53. The van der Waals surface area contributed by atoms with Crippen molar-refractivity contribution in [2.75, 3.05) is 6.54 Å². The maximum atomic E-state index is 13.2. The monoisotopic (exact) mass is 289 g/mol. The number of hydrogen-bond donors (Lipinski definition) is 0. The van der Waals surface area contributed by atoms with Crippen LogP contribution in [0.2, 0.25) is 0 Å². The minimum Gasteiger partial charge on any atom is -0.331 e. The predicted molar refractivity (Wildman–Crippen MR) is 78.6 cm³/mol. The molecule has 0 saturated carbocycles. The van der Waals surface area contributed by atoms with Crippen molar-refractivity contribution in [2.24, 2.45) is 0 Å². The van der Waals surface area contributed by atoms with E-state index in [1.807, 2.05) is 4.90 Å². The van der Waals surface area contributed by atoms with Crippen molar-refractivity contribution >= 4 is 17.2 Å². The van der Waals surface area contributed by atoms with Gasteiger partial charge in [0.2, 0.25) is 0 Å². The number of fused-ring (bicyclic) bond motifs is 1. The van der Waals surface area contributed by atoms with E-state index >= 15 is 0 Å². The quantitative estimate of drug-likeness (QED) is 0.778. The molecule has 1 aromatic heterocycles. The van der Waals surface area contributed by atoms with Gasteiger partial charge in [-0.05, 0) is 61.0 Å². The van der Waals surface area contributed by atoms with E-state index in [4.69, 9.17) is 0 Å². The van der Waals surface area contributed by atoms with Gasteiger partial charge in [0, 0.05) is 17.0 Å². The molecular formula is C16H16FNOS. The smallest absolute Gasteiger partial charge is 0.254 e. The zero-order valence-corrected chi connectivity index (χ0v) is 12.3. The lowest BCUT2D eigenvalue weighted by atomic mass is 9.99. The van der Waals surface area contributed by atoms with Gasteiger partial charge >= 0.3 is 0 Å². The van der Waals surface area contributed by atoms with Gasteiger partial charge in [-0.1, -0.05) is 0 Å². The number of benzene rings is 1. The highest BCUT2D eigenvalue weighted by atomic mass is 32.1. The summed E-state index contributed by atoms with van der Waals surface area (Å²) in [7, 11) is 0. The Morgan fingerprint density at radius 2 is 2.20 bits per heavy atom. The molecule has 0 spiro atoms. The van der Waals surface area contributed by atoms with E-state index in [2.05, 4.69) is 18.4 Å². The van der Waals surface area contributed by atoms with Crippen LogP contribution in [0.5, 0.6) is 0 Å². The number of thiophene rings is 1. The first-order valence-electron chi connectivity index (χ1n) is 6.71. The normalized spacial score (nSPS) is 17.9. The van der Waals surface area contributed by atoms with E-state index in [-0.39, 0.29) is 17.8 Å². The molecule has 20 heavy (non-hydrogen) atoms. The average Bonchev–Trinajstić information content (AvgIpc) is 2.87. The first kappa shape index (κ1) is 13.3. The molecule has 2 aromatic rings. The molecule has 0 N–H and O–H groups in total. The molecule has 2 heterocycles. The van der Waals surface area contributed by atoms with Gasteiger partial charge in [0.1, 0.15) is 5.82 Å². The van der Waals surface area contributed by atoms with Crippen LogP contribution < -0.4 is 0 Å². The maximum absolute atomic E-state index is 13.2. The van der Waals surface area contributed by atoms with Crippen molar-refractivity contribution in [1.82, 2.24) is 4.90 Å².